The molecule has 0 heterocycles. The van der Waals surface area contributed by atoms with Crippen LogP contribution in [0.25, 0.3) is 0 Å². The third kappa shape index (κ3) is 6.91. The first-order chi connectivity index (χ1) is 11.1. The summed E-state index contributed by atoms with van der Waals surface area (Å²) in [5.74, 6) is 2.09. The molecule has 0 fully saturated rings. The second kappa shape index (κ2) is 9.41. The minimum absolute atomic E-state index is 0.140. The second-order valence-electron chi connectivity index (χ2n) is 5.88. The minimum Gasteiger partial charge on any atom is -0.355 e. The van der Waals surface area contributed by atoms with Crippen molar-refractivity contribution < 1.29 is 4.79 Å². The number of amides is 1. The van der Waals surface area contributed by atoms with Crippen LogP contribution >= 0.6 is 11.8 Å². The van der Waals surface area contributed by atoms with Crippen molar-refractivity contribution >= 4 is 17.7 Å². The predicted molar refractivity (Wildman–Crippen MR) is 99.9 cm³/mol. The van der Waals surface area contributed by atoms with Gasteiger partial charge in [-0.05, 0) is 31.4 Å². The lowest BCUT2D eigenvalue weighted by molar-refractivity contribution is -0.120. The molecule has 0 radical (unpaired) electrons. The SMILES string of the molecule is Cc1ccc(CCC(=O)NCCSCc2cccc(C)c2)cc1. The van der Waals surface area contributed by atoms with Gasteiger partial charge in [-0.3, -0.25) is 4.79 Å². The minimum atomic E-state index is 0.140. The summed E-state index contributed by atoms with van der Waals surface area (Å²) in [5, 5.41) is 3.00. The maximum absolute atomic E-state index is 11.8. The molecule has 0 aliphatic heterocycles. The summed E-state index contributed by atoms with van der Waals surface area (Å²) in [5.41, 5.74) is 5.12. The molecule has 0 spiro atoms. The van der Waals surface area contributed by atoms with Gasteiger partial charge in [0.25, 0.3) is 0 Å². The Hall–Kier alpha value is -1.74. The molecule has 0 saturated heterocycles. The van der Waals surface area contributed by atoms with E-state index in [4.69, 9.17) is 0 Å². The van der Waals surface area contributed by atoms with Crippen LogP contribution in [0.1, 0.15) is 28.7 Å². The van der Waals surface area contributed by atoms with E-state index in [1.165, 1.54) is 22.3 Å². The first-order valence-electron chi connectivity index (χ1n) is 8.09. The van der Waals surface area contributed by atoms with Crippen LogP contribution in [0.15, 0.2) is 48.5 Å². The van der Waals surface area contributed by atoms with Gasteiger partial charge in [0.1, 0.15) is 0 Å². The average Bonchev–Trinajstić information content (AvgIpc) is 2.54. The van der Waals surface area contributed by atoms with Crippen molar-refractivity contribution in [3.63, 3.8) is 0 Å². The van der Waals surface area contributed by atoms with E-state index >= 15 is 0 Å². The lowest BCUT2D eigenvalue weighted by Gasteiger charge is -2.06. The molecule has 122 valence electrons. The number of thioether (sulfide) groups is 1. The number of hydrogen-bond donors (Lipinski definition) is 1. The van der Waals surface area contributed by atoms with E-state index in [1.54, 1.807) is 0 Å². The van der Waals surface area contributed by atoms with E-state index in [-0.39, 0.29) is 5.91 Å². The van der Waals surface area contributed by atoms with Gasteiger partial charge in [-0.2, -0.15) is 11.8 Å². The normalized spacial score (nSPS) is 10.5. The summed E-state index contributed by atoms with van der Waals surface area (Å²) >= 11 is 1.86. The Kier molecular flexibility index (Phi) is 7.21. The van der Waals surface area contributed by atoms with Crippen molar-refractivity contribution in [2.75, 3.05) is 12.3 Å². The van der Waals surface area contributed by atoms with Crippen molar-refractivity contribution in [3.05, 3.63) is 70.8 Å². The number of hydrogen-bond acceptors (Lipinski definition) is 2. The van der Waals surface area contributed by atoms with E-state index in [2.05, 4.69) is 67.7 Å². The number of carbonyl (C=O) groups excluding carboxylic acids is 1. The van der Waals surface area contributed by atoms with Crippen LogP contribution in [-0.4, -0.2) is 18.2 Å². The van der Waals surface area contributed by atoms with Crippen LogP contribution in [0, 0.1) is 13.8 Å². The van der Waals surface area contributed by atoms with E-state index in [0.717, 1.165) is 24.5 Å². The highest BCUT2D eigenvalue weighted by atomic mass is 32.2. The fraction of sp³-hybridized carbons (Fsp3) is 0.350. The lowest BCUT2D eigenvalue weighted by Crippen LogP contribution is -2.25. The molecule has 0 bridgehead atoms. The van der Waals surface area contributed by atoms with E-state index in [9.17, 15) is 4.79 Å². The molecule has 23 heavy (non-hydrogen) atoms. The zero-order chi connectivity index (χ0) is 16.5. The Balaban J connectivity index is 1.57. The van der Waals surface area contributed by atoms with Gasteiger partial charge in [-0.15, -0.1) is 0 Å². The maximum atomic E-state index is 11.8. The largest absolute Gasteiger partial charge is 0.355 e. The van der Waals surface area contributed by atoms with Gasteiger partial charge in [0, 0.05) is 24.5 Å². The standard InChI is InChI=1S/C20H25NOS/c1-16-6-8-18(9-7-16)10-11-20(22)21-12-13-23-15-19-5-3-4-17(2)14-19/h3-9,14H,10-13,15H2,1-2H3,(H,21,22). The van der Waals surface area contributed by atoms with Crippen LogP contribution < -0.4 is 5.32 Å². The Morgan fingerprint density at radius 3 is 2.52 bits per heavy atom. The number of aryl methyl sites for hydroxylation is 3. The number of carbonyl (C=O) groups is 1. The Morgan fingerprint density at radius 2 is 1.78 bits per heavy atom. The molecule has 0 aliphatic rings. The zero-order valence-electron chi connectivity index (χ0n) is 14.0. The zero-order valence-corrected chi connectivity index (χ0v) is 14.8. The number of benzene rings is 2. The summed E-state index contributed by atoms with van der Waals surface area (Å²) in [6.45, 7) is 4.93. The van der Waals surface area contributed by atoms with E-state index in [1.807, 2.05) is 11.8 Å². The quantitative estimate of drug-likeness (QED) is 0.733. The van der Waals surface area contributed by atoms with Crippen molar-refractivity contribution in [1.82, 2.24) is 5.32 Å². The number of rotatable bonds is 8. The van der Waals surface area contributed by atoms with Gasteiger partial charge in [-0.25, -0.2) is 0 Å². The summed E-state index contributed by atoms with van der Waals surface area (Å²) < 4.78 is 0. The van der Waals surface area contributed by atoms with Gasteiger partial charge in [-0.1, -0.05) is 59.7 Å². The smallest absolute Gasteiger partial charge is 0.220 e. The molecule has 2 rings (SSSR count). The lowest BCUT2D eigenvalue weighted by atomic mass is 10.1. The van der Waals surface area contributed by atoms with Crippen LogP contribution in [0.2, 0.25) is 0 Å². The Bertz CT molecular complexity index is 622. The molecule has 3 heteroatoms. The molecular weight excluding hydrogens is 302 g/mol. The highest BCUT2D eigenvalue weighted by molar-refractivity contribution is 7.98. The Morgan fingerprint density at radius 1 is 1.00 bits per heavy atom. The van der Waals surface area contributed by atoms with Gasteiger partial charge in [0.15, 0.2) is 0 Å². The molecule has 2 aromatic rings. The van der Waals surface area contributed by atoms with Gasteiger partial charge in [0.2, 0.25) is 5.91 Å². The van der Waals surface area contributed by atoms with Gasteiger partial charge < -0.3 is 5.32 Å². The molecule has 2 nitrogen and oxygen atoms in total. The van der Waals surface area contributed by atoms with Crippen LogP contribution in [0.4, 0.5) is 0 Å². The summed E-state index contributed by atoms with van der Waals surface area (Å²) in [6.07, 6.45) is 1.37. The highest BCUT2D eigenvalue weighted by Crippen LogP contribution is 2.13. The monoisotopic (exact) mass is 327 g/mol. The molecule has 0 saturated carbocycles. The van der Waals surface area contributed by atoms with Crippen molar-refractivity contribution in [2.45, 2.75) is 32.4 Å². The molecule has 2 aromatic carbocycles. The van der Waals surface area contributed by atoms with E-state index in [0.29, 0.717) is 6.42 Å². The molecule has 1 amide bonds. The number of nitrogens with one attached hydrogen (secondary N) is 1. The maximum Gasteiger partial charge on any atom is 0.220 e. The van der Waals surface area contributed by atoms with Crippen LogP contribution in [-0.2, 0) is 17.0 Å². The van der Waals surface area contributed by atoms with Gasteiger partial charge >= 0.3 is 0 Å². The van der Waals surface area contributed by atoms with Crippen LogP contribution in [0.3, 0.4) is 0 Å². The van der Waals surface area contributed by atoms with Crippen molar-refractivity contribution in [3.8, 4) is 0 Å². The first-order valence-corrected chi connectivity index (χ1v) is 9.24. The summed E-state index contributed by atoms with van der Waals surface area (Å²) in [4.78, 5) is 11.8. The fourth-order valence-electron chi connectivity index (χ4n) is 2.36. The van der Waals surface area contributed by atoms with Crippen LogP contribution in [0.5, 0.6) is 0 Å². The molecule has 0 unspecified atom stereocenters. The molecule has 0 aromatic heterocycles. The van der Waals surface area contributed by atoms with Crippen molar-refractivity contribution in [2.24, 2.45) is 0 Å². The third-order valence-corrected chi connectivity index (χ3v) is 4.71. The van der Waals surface area contributed by atoms with Gasteiger partial charge in [0.05, 0.1) is 0 Å². The molecule has 0 atom stereocenters. The topological polar surface area (TPSA) is 29.1 Å². The summed E-state index contributed by atoms with van der Waals surface area (Å²) in [7, 11) is 0. The predicted octanol–water partition coefficient (Wildman–Crippen LogP) is 4.29. The molecule has 0 aliphatic carbocycles. The molecule has 1 N–H and O–H groups in total. The average molecular weight is 327 g/mol. The second-order valence-corrected chi connectivity index (χ2v) is 6.98. The third-order valence-electron chi connectivity index (χ3n) is 3.68. The summed E-state index contributed by atoms with van der Waals surface area (Å²) in [6, 6.07) is 17.0. The highest BCUT2D eigenvalue weighted by Gasteiger charge is 2.02. The first kappa shape index (κ1) is 17.6. The van der Waals surface area contributed by atoms with E-state index < -0.39 is 0 Å². The Labute approximate surface area is 143 Å². The fourth-order valence-corrected chi connectivity index (χ4v) is 3.16. The molecular formula is C20H25NOS. The van der Waals surface area contributed by atoms with Crippen molar-refractivity contribution in [1.29, 1.82) is 0 Å².